The number of fused-ring (bicyclic) bond motifs is 1. The SMILES string of the molecule is CC(C)c1cc(O)c(O)c2c[n+](C(C)C)ccc12. The van der Waals surface area contributed by atoms with Crippen LogP contribution >= 0.6 is 0 Å². The molecule has 18 heavy (non-hydrogen) atoms. The first-order chi connectivity index (χ1) is 8.41. The van der Waals surface area contributed by atoms with Crippen LogP contribution in [0.1, 0.15) is 45.2 Å². The molecular formula is C15H20NO2+. The van der Waals surface area contributed by atoms with E-state index in [0.717, 1.165) is 10.9 Å². The third-order valence-electron chi connectivity index (χ3n) is 3.30. The minimum atomic E-state index is -0.0484. The molecule has 0 aliphatic heterocycles. The van der Waals surface area contributed by atoms with Crippen LogP contribution in [0, 0.1) is 0 Å². The van der Waals surface area contributed by atoms with Gasteiger partial charge in [0, 0.05) is 11.5 Å². The molecule has 2 aromatic rings. The zero-order chi connectivity index (χ0) is 13.4. The van der Waals surface area contributed by atoms with E-state index in [4.69, 9.17) is 0 Å². The topological polar surface area (TPSA) is 44.3 Å². The van der Waals surface area contributed by atoms with E-state index in [2.05, 4.69) is 27.7 Å². The standard InChI is InChI=1S/C15H19NO2/c1-9(2)12-7-14(17)15(18)13-8-16(10(3)4)6-5-11(12)13/h5-10,17H,1-4H3/p+1. The molecule has 2 rings (SSSR count). The number of pyridine rings is 1. The number of aromatic hydroxyl groups is 2. The van der Waals surface area contributed by atoms with E-state index >= 15 is 0 Å². The summed E-state index contributed by atoms with van der Waals surface area (Å²) in [5.74, 6) is 0.214. The third kappa shape index (κ3) is 2.01. The molecule has 0 aliphatic carbocycles. The van der Waals surface area contributed by atoms with E-state index < -0.39 is 0 Å². The van der Waals surface area contributed by atoms with E-state index in [0.29, 0.717) is 17.3 Å². The van der Waals surface area contributed by atoms with Gasteiger partial charge >= 0.3 is 0 Å². The Labute approximate surface area is 107 Å². The second-order valence-electron chi connectivity index (χ2n) is 5.30. The van der Waals surface area contributed by atoms with Crippen LogP contribution in [0.3, 0.4) is 0 Å². The molecule has 0 atom stereocenters. The van der Waals surface area contributed by atoms with Gasteiger partial charge in [0.15, 0.2) is 29.9 Å². The fraction of sp³-hybridized carbons (Fsp3) is 0.400. The van der Waals surface area contributed by atoms with Crippen molar-refractivity contribution in [2.75, 3.05) is 0 Å². The highest BCUT2D eigenvalue weighted by Crippen LogP contribution is 2.38. The van der Waals surface area contributed by atoms with Crippen LogP contribution in [-0.4, -0.2) is 10.2 Å². The first-order valence-electron chi connectivity index (χ1n) is 6.31. The maximum Gasteiger partial charge on any atom is 0.180 e. The lowest BCUT2D eigenvalue weighted by molar-refractivity contribution is -0.715. The summed E-state index contributed by atoms with van der Waals surface area (Å²) in [6.07, 6.45) is 3.90. The molecule has 0 fully saturated rings. The molecule has 0 saturated heterocycles. The van der Waals surface area contributed by atoms with Crippen molar-refractivity contribution in [1.29, 1.82) is 0 Å². The summed E-state index contributed by atoms with van der Waals surface area (Å²) in [6, 6.07) is 3.98. The van der Waals surface area contributed by atoms with Gasteiger partial charge in [0.25, 0.3) is 0 Å². The molecule has 0 bridgehead atoms. The van der Waals surface area contributed by atoms with Crippen LogP contribution in [0.5, 0.6) is 11.5 Å². The number of hydrogen-bond donors (Lipinski definition) is 2. The number of hydrogen-bond acceptors (Lipinski definition) is 2. The van der Waals surface area contributed by atoms with Crippen molar-refractivity contribution in [1.82, 2.24) is 0 Å². The Bertz CT molecular complexity index is 589. The minimum Gasteiger partial charge on any atom is -0.504 e. The van der Waals surface area contributed by atoms with Crippen molar-refractivity contribution in [3.8, 4) is 11.5 Å². The lowest BCUT2D eigenvalue weighted by atomic mass is 9.96. The van der Waals surface area contributed by atoms with Crippen molar-refractivity contribution >= 4 is 10.8 Å². The highest BCUT2D eigenvalue weighted by atomic mass is 16.3. The molecule has 0 aliphatic rings. The number of phenolic OH excluding ortho intramolecular Hbond substituents is 2. The van der Waals surface area contributed by atoms with Gasteiger partial charge in [-0.3, -0.25) is 0 Å². The lowest BCUT2D eigenvalue weighted by Crippen LogP contribution is -2.34. The highest BCUT2D eigenvalue weighted by Gasteiger charge is 2.17. The first kappa shape index (κ1) is 12.7. The van der Waals surface area contributed by atoms with Gasteiger partial charge in [-0.15, -0.1) is 0 Å². The third-order valence-corrected chi connectivity index (χ3v) is 3.30. The Balaban J connectivity index is 2.81. The number of aromatic nitrogens is 1. The molecular weight excluding hydrogens is 226 g/mol. The fourth-order valence-corrected chi connectivity index (χ4v) is 2.18. The van der Waals surface area contributed by atoms with Crippen molar-refractivity contribution in [3.05, 3.63) is 30.1 Å². The summed E-state index contributed by atoms with van der Waals surface area (Å²) in [5, 5.41) is 21.5. The number of benzene rings is 1. The van der Waals surface area contributed by atoms with Gasteiger partial charge in [-0.05, 0) is 31.4 Å². The predicted octanol–water partition coefficient (Wildman–Crippen LogP) is 3.24. The summed E-state index contributed by atoms with van der Waals surface area (Å²) in [7, 11) is 0. The molecule has 0 spiro atoms. The largest absolute Gasteiger partial charge is 0.504 e. The number of nitrogens with zero attached hydrogens (tertiary/aromatic N) is 1. The van der Waals surface area contributed by atoms with Gasteiger partial charge in [0.05, 0.1) is 5.39 Å². The summed E-state index contributed by atoms with van der Waals surface area (Å²) in [6.45, 7) is 8.31. The Hall–Kier alpha value is -1.77. The predicted molar refractivity (Wildman–Crippen MR) is 71.9 cm³/mol. The van der Waals surface area contributed by atoms with Crippen molar-refractivity contribution in [2.45, 2.75) is 39.7 Å². The smallest absolute Gasteiger partial charge is 0.180 e. The summed E-state index contributed by atoms with van der Waals surface area (Å²) < 4.78 is 2.02. The Morgan fingerprint density at radius 2 is 1.72 bits per heavy atom. The maximum absolute atomic E-state index is 10.0. The van der Waals surface area contributed by atoms with Gasteiger partial charge in [-0.25, -0.2) is 4.57 Å². The second-order valence-corrected chi connectivity index (χ2v) is 5.30. The van der Waals surface area contributed by atoms with Gasteiger partial charge in [0.2, 0.25) is 0 Å². The van der Waals surface area contributed by atoms with E-state index in [1.165, 1.54) is 0 Å². The van der Waals surface area contributed by atoms with Gasteiger partial charge < -0.3 is 10.2 Å². The van der Waals surface area contributed by atoms with Crippen molar-refractivity contribution in [3.63, 3.8) is 0 Å². The van der Waals surface area contributed by atoms with Crippen LogP contribution in [0.4, 0.5) is 0 Å². The molecule has 1 aromatic carbocycles. The molecule has 1 heterocycles. The number of rotatable bonds is 2. The van der Waals surface area contributed by atoms with Crippen LogP contribution in [-0.2, 0) is 0 Å². The first-order valence-corrected chi connectivity index (χ1v) is 6.31. The molecule has 96 valence electrons. The molecule has 0 amide bonds. The zero-order valence-corrected chi connectivity index (χ0v) is 11.3. The monoisotopic (exact) mass is 246 g/mol. The van der Waals surface area contributed by atoms with Crippen LogP contribution in [0.2, 0.25) is 0 Å². The molecule has 3 nitrogen and oxygen atoms in total. The second kappa shape index (κ2) is 4.48. The summed E-state index contributed by atoms with van der Waals surface area (Å²) in [4.78, 5) is 0. The van der Waals surface area contributed by atoms with E-state index in [-0.39, 0.29) is 11.5 Å². The van der Waals surface area contributed by atoms with E-state index in [1.807, 2.05) is 23.0 Å². The van der Waals surface area contributed by atoms with Crippen LogP contribution in [0.25, 0.3) is 10.8 Å². The van der Waals surface area contributed by atoms with Gasteiger partial charge in [-0.1, -0.05) is 13.8 Å². The van der Waals surface area contributed by atoms with Gasteiger partial charge in [0.1, 0.15) is 0 Å². The summed E-state index contributed by atoms with van der Waals surface area (Å²) >= 11 is 0. The van der Waals surface area contributed by atoms with Crippen LogP contribution in [0.15, 0.2) is 24.5 Å². The van der Waals surface area contributed by atoms with Gasteiger partial charge in [-0.2, -0.15) is 0 Å². The quantitative estimate of drug-likeness (QED) is 0.631. The van der Waals surface area contributed by atoms with E-state index in [9.17, 15) is 10.2 Å². The molecule has 3 heteroatoms. The molecule has 0 radical (unpaired) electrons. The summed E-state index contributed by atoms with van der Waals surface area (Å²) in [5.41, 5.74) is 1.05. The zero-order valence-electron chi connectivity index (χ0n) is 11.3. The number of phenols is 2. The molecule has 1 aromatic heterocycles. The highest BCUT2D eigenvalue weighted by molar-refractivity contribution is 5.92. The lowest BCUT2D eigenvalue weighted by Gasteiger charge is -2.12. The Morgan fingerprint density at radius 1 is 1.06 bits per heavy atom. The Kier molecular flexibility index (Phi) is 3.16. The average molecular weight is 246 g/mol. The molecule has 0 saturated carbocycles. The average Bonchev–Trinajstić information content (AvgIpc) is 2.32. The molecule has 0 unspecified atom stereocenters. The normalized spacial score (nSPS) is 11.7. The van der Waals surface area contributed by atoms with Crippen LogP contribution < -0.4 is 4.57 Å². The maximum atomic E-state index is 10.0. The van der Waals surface area contributed by atoms with E-state index in [1.54, 1.807) is 6.07 Å². The fourth-order valence-electron chi connectivity index (χ4n) is 2.18. The molecule has 2 N–H and O–H groups in total. The van der Waals surface area contributed by atoms with Crippen molar-refractivity contribution in [2.24, 2.45) is 0 Å². The Morgan fingerprint density at radius 3 is 2.28 bits per heavy atom. The van der Waals surface area contributed by atoms with Crippen molar-refractivity contribution < 1.29 is 14.8 Å². The minimum absolute atomic E-state index is 0.0376.